The number of hydrogen-bond acceptors (Lipinski definition) is 4. The van der Waals surface area contributed by atoms with Gasteiger partial charge < -0.3 is 10.2 Å². The number of hydrogen-bond donors (Lipinski definition) is 2. The van der Waals surface area contributed by atoms with Crippen LogP contribution in [-0.4, -0.2) is 35.2 Å². The molecular formula is C18H18N4OS. The largest absolute Gasteiger partial charge is 0.353 e. The van der Waals surface area contributed by atoms with Gasteiger partial charge in [0.2, 0.25) is 0 Å². The van der Waals surface area contributed by atoms with Crippen molar-refractivity contribution >= 4 is 23.1 Å². The number of rotatable bonds is 4. The number of nitrogens with one attached hydrogen (secondary N) is 2. The van der Waals surface area contributed by atoms with Crippen molar-refractivity contribution in [3.05, 3.63) is 58.8 Å². The summed E-state index contributed by atoms with van der Waals surface area (Å²) >= 11 is 1.47. The van der Waals surface area contributed by atoms with Crippen LogP contribution in [0.15, 0.2) is 53.9 Å². The molecule has 1 aliphatic heterocycles. The minimum Gasteiger partial charge on any atom is -0.353 e. The molecule has 3 aromatic rings. The van der Waals surface area contributed by atoms with Crippen LogP contribution in [0.4, 0.5) is 5.82 Å². The van der Waals surface area contributed by atoms with Crippen LogP contribution in [-0.2, 0) is 0 Å². The molecule has 0 spiro atoms. The summed E-state index contributed by atoms with van der Waals surface area (Å²) in [6, 6.07) is 16.1. The minimum atomic E-state index is 0.0175. The van der Waals surface area contributed by atoms with E-state index < -0.39 is 0 Å². The first-order valence-electron chi connectivity index (χ1n) is 8.00. The molecule has 1 fully saturated rings. The molecule has 122 valence electrons. The first-order valence-corrected chi connectivity index (χ1v) is 8.88. The second kappa shape index (κ2) is 6.49. The van der Waals surface area contributed by atoms with Crippen molar-refractivity contribution < 1.29 is 4.79 Å². The minimum absolute atomic E-state index is 0.0175. The molecule has 4 rings (SSSR count). The molecule has 1 aliphatic rings. The third kappa shape index (κ3) is 3.05. The molecule has 1 aromatic carbocycles. The van der Waals surface area contributed by atoms with Gasteiger partial charge in [0.15, 0.2) is 5.82 Å². The third-order valence-corrected chi connectivity index (χ3v) is 5.11. The number of aromatic nitrogens is 2. The average Bonchev–Trinajstić information content (AvgIpc) is 3.36. The lowest BCUT2D eigenvalue weighted by atomic mass is 10.1. The van der Waals surface area contributed by atoms with Gasteiger partial charge in [0.1, 0.15) is 0 Å². The van der Waals surface area contributed by atoms with Crippen LogP contribution < -0.4 is 10.2 Å². The van der Waals surface area contributed by atoms with Gasteiger partial charge in [0.05, 0.1) is 10.6 Å². The lowest BCUT2D eigenvalue weighted by molar-refractivity contribution is 0.0944. The molecule has 5 nitrogen and oxygen atoms in total. The molecule has 0 bridgehead atoms. The van der Waals surface area contributed by atoms with Gasteiger partial charge in [0, 0.05) is 25.2 Å². The zero-order valence-electron chi connectivity index (χ0n) is 13.1. The first-order chi connectivity index (χ1) is 11.8. The van der Waals surface area contributed by atoms with Gasteiger partial charge in [-0.2, -0.15) is 5.10 Å². The van der Waals surface area contributed by atoms with Gasteiger partial charge in [-0.3, -0.25) is 9.89 Å². The van der Waals surface area contributed by atoms with E-state index in [4.69, 9.17) is 0 Å². The van der Waals surface area contributed by atoms with Gasteiger partial charge >= 0.3 is 0 Å². The molecule has 0 unspecified atom stereocenters. The Kier molecular flexibility index (Phi) is 4.04. The van der Waals surface area contributed by atoms with Crippen LogP contribution in [0.5, 0.6) is 0 Å². The number of aromatic amines is 1. The van der Waals surface area contributed by atoms with Crippen LogP contribution in [0, 0.1) is 0 Å². The summed E-state index contributed by atoms with van der Waals surface area (Å²) in [5, 5.41) is 12.6. The highest BCUT2D eigenvalue weighted by molar-refractivity contribution is 7.12. The van der Waals surface area contributed by atoms with Gasteiger partial charge in [-0.1, -0.05) is 36.4 Å². The number of amides is 1. The zero-order valence-corrected chi connectivity index (χ0v) is 13.9. The Morgan fingerprint density at radius 2 is 2.12 bits per heavy atom. The number of thiophene rings is 1. The summed E-state index contributed by atoms with van der Waals surface area (Å²) in [4.78, 5) is 15.1. The lowest BCUT2D eigenvalue weighted by Crippen LogP contribution is -2.36. The molecule has 0 saturated carbocycles. The molecule has 0 radical (unpaired) electrons. The SMILES string of the molecule is O=C(N[C@@H]1CCN(c2cc(-c3ccccc3)[nH]n2)C1)c1cccs1. The quantitative estimate of drug-likeness (QED) is 0.768. The summed E-state index contributed by atoms with van der Waals surface area (Å²) in [6.07, 6.45) is 0.935. The fraction of sp³-hybridized carbons (Fsp3) is 0.222. The van der Waals surface area contributed by atoms with Crippen molar-refractivity contribution in [3.63, 3.8) is 0 Å². The maximum absolute atomic E-state index is 12.2. The maximum Gasteiger partial charge on any atom is 0.261 e. The van der Waals surface area contributed by atoms with E-state index in [9.17, 15) is 4.79 Å². The van der Waals surface area contributed by atoms with Crippen molar-refractivity contribution in [1.29, 1.82) is 0 Å². The van der Waals surface area contributed by atoms with Crippen molar-refractivity contribution in [2.24, 2.45) is 0 Å². The summed E-state index contributed by atoms with van der Waals surface area (Å²) in [6.45, 7) is 1.69. The molecule has 2 aromatic heterocycles. The normalized spacial score (nSPS) is 17.2. The Balaban J connectivity index is 1.40. The van der Waals surface area contributed by atoms with Crippen LogP contribution >= 0.6 is 11.3 Å². The highest BCUT2D eigenvalue weighted by atomic mass is 32.1. The van der Waals surface area contributed by atoms with Gasteiger partial charge in [-0.25, -0.2) is 0 Å². The van der Waals surface area contributed by atoms with E-state index in [1.165, 1.54) is 11.3 Å². The Labute approximate surface area is 144 Å². The van der Waals surface area contributed by atoms with E-state index in [2.05, 4.69) is 38.6 Å². The van der Waals surface area contributed by atoms with Gasteiger partial charge in [-0.05, 0) is 23.4 Å². The zero-order chi connectivity index (χ0) is 16.4. The molecule has 1 amide bonds. The van der Waals surface area contributed by atoms with Crippen LogP contribution in [0.3, 0.4) is 0 Å². The van der Waals surface area contributed by atoms with Crippen molar-refractivity contribution in [2.75, 3.05) is 18.0 Å². The van der Waals surface area contributed by atoms with Crippen molar-refractivity contribution in [1.82, 2.24) is 15.5 Å². The number of nitrogens with zero attached hydrogens (tertiary/aromatic N) is 2. The van der Waals surface area contributed by atoms with Gasteiger partial charge in [-0.15, -0.1) is 11.3 Å². The number of carbonyl (C=O) groups excluding carboxylic acids is 1. The highest BCUT2D eigenvalue weighted by Crippen LogP contribution is 2.24. The standard InChI is InChI=1S/C18H18N4OS/c23-18(16-7-4-10-24-16)19-14-8-9-22(12-14)17-11-15(20-21-17)13-5-2-1-3-6-13/h1-7,10-11,14H,8-9,12H2,(H,19,23)(H,20,21)/t14-/m1/s1. The van der Waals surface area contributed by atoms with E-state index in [-0.39, 0.29) is 11.9 Å². The second-order valence-electron chi connectivity index (χ2n) is 5.89. The number of anilines is 1. The summed E-state index contributed by atoms with van der Waals surface area (Å²) in [5.41, 5.74) is 2.13. The summed E-state index contributed by atoms with van der Waals surface area (Å²) < 4.78 is 0. The molecule has 2 N–H and O–H groups in total. The lowest BCUT2D eigenvalue weighted by Gasteiger charge is -2.15. The van der Waals surface area contributed by atoms with Crippen molar-refractivity contribution in [3.8, 4) is 11.3 Å². The second-order valence-corrected chi connectivity index (χ2v) is 6.84. The van der Waals surface area contributed by atoms with Crippen molar-refractivity contribution in [2.45, 2.75) is 12.5 Å². The molecule has 3 heterocycles. The van der Waals surface area contributed by atoms with Crippen LogP contribution in [0.1, 0.15) is 16.1 Å². The van der Waals surface area contributed by atoms with E-state index in [0.29, 0.717) is 0 Å². The van der Waals surface area contributed by atoms with E-state index in [0.717, 1.165) is 41.5 Å². The monoisotopic (exact) mass is 338 g/mol. The Bertz CT molecular complexity index is 813. The third-order valence-electron chi connectivity index (χ3n) is 4.24. The Morgan fingerprint density at radius 3 is 2.92 bits per heavy atom. The fourth-order valence-electron chi connectivity index (χ4n) is 2.99. The molecule has 6 heteroatoms. The predicted octanol–water partition coefficient (Wildman–Crippen LogP) is 3.15. The van der Waals surface area contributed by atoms with E-state index >= 15 is 0 Å². The fourth-order valence-corrected chi connectivity index (χ4v) is 3.62. The molecule has 1 saturated heterocycles. The topological polar surface area (TPSA) is 61.0 Å². The predicted molar refractivity (Wildman–Crippen MR) is 96.4 cm³/mol. The van der Waals surface area contributed by atoms with Gasteiger partial charge in [0.25, 0.3) is 5.91 Å². The summed E-state index contributed by atoms with van der Waals surface area (Å²) in [7, 11) is 0. The maximum atomic E-state index is 12.2. The molecule has 24 heavy (non-hydrogen) atoms. The first kappa shape index (κ1) is 15.0. The van der Waals surface area contributed by atoms with Crippen LogP contribution in [0.25, 0.3) is 11.3 Å². The van der Waals surface area contributed by atoms with Crippen LogP contribution in [0.2, 0.25) is 0 Å². The molecule has 0 aliphatic carbocycles. The Morgan fingerprint density at radius 1 is 1.25 bits per heavy atom. The smallest absolute Gasteiger partial charge is 0.261 e. The highest BCUT2D eigenvalue weighted by Gasteiger charge is 2.26. The number of benzene rings is 1. The number of H-pyrrole nitrogens is 1. The van der Waals surface area contributed by atoms with E-state index in [1.54, 1.807) is 0 Å². The average molecular weight is 338 g/mol. The molecular weight excluding hydrogens is 320 g/mol. The molecule has 1 atom stereocenters. The summed E-state index contributed by atoms with van der Waals surface area (Å²) in [5.74, 6) is 0.950. The van der Waals surface area contributed by atoms with E-state index in [1.807, 2.05) is 35.7 Å². The number of carbonyl (C=O) groups is 1. The Hall–Kier alpha value is -2.60.